The van der Waals surface area contributed by atoms with E-state index in [0.29, 0.717) is 22.4 Å². The van der Waals surface area contributed by atoms with Crippen molar-refractivity contribution in [3.8, 4) is 5.75 Å². The highest BCUT2D eigenvalue weighted by molar-refractivity contribution is 7.80. The Labute approximate surface area is 148 Å². The molecule has 0 saturated carbocycles. The predicted octanol–water partition coefficient (Wildman–Crippen LogP) is 2.93. The van der Waals surface area contributed by atoms with Crippen LogP contribution < -0.4 is 21.0 Å². The minimum absolute atomic E-state index is 0.0609. The van der Waals surface area contributed by atoms with E-state index in [1.807, 2.05) is 0 Å². The van der Waals surface area contributed by atoms with Crippen LogP contribution in [0.2, 0.25) is 0 Å². The Morgan fingerprint density at radius 2 is 1.92 bits per heavy atom. The van der Waals surface area contributed by atoms with Gasteiger partial charge in [-0.2, -0.15) is 0 Å². The van der Waals surface area contributed by atoms with Gasteiger partial charge in [0, 0.05) is 17.1 Å². The van der Waals surface area contributed by atoms with E-state index in [4.69, 9.17) is 21.4 Å². The first-order valence-electron chi connectivity index (χ1n) is 7.36. The molecule has 0 fully saturated rings. The van der Waals surface area contributed by atoms with Crippen molar-refractivity contribution < 1.29 is 13.9 Å². The molecule has 0 aliphatic heterocycles. The van der Waals surface area contributed by atoms with Crippen molar-refractivity contribution in [3.63, 3.8) is 0 Å². The van der Waals surface area contributed by atoms with E-state index in [9.17, 15) is 9.59 Å². The summed E-state index contributed by atoms with van der Waals surface area (Å²) in [5.41, 5.74) is 0.227. The van der Waals surface area contributed by atoms with E-state index in [0.717, 1.165) is 0 Å². The smallest absolute Gasteiger partial charge is 0.349 e. The van der Waals surface area contributed by atoms with Crippen LogP contribution in [0.25, 0.3) is 11.0 Å². The largest absolute Gasteiger partial charge is 0.497 e. The molecular weight excluding hydrogens is 340 g/mol. The Hall–Kier alpha value is -3.19. The van der Waals surface area contributed by atoms with Crippen LogP contribution in [-0.4, -0.2) is 18.1 Å². The number of hydrogen-bond donors (Lipinski definition) is 2. The normalized spacial score (nSPS) is 10.3. The molecule has 126 valence electrons. The Morgan fingerprint density at radius 1 is 1.12 bits per heavy atom. The van der Waals surface area contributed by atoms with Gasteiger partial charge in [-0.3, -0.25) is 10.1 Å². The third kappa shape index (κ3) is 3.84. The first-order valence-corrected chi connectivity index (χ1v) is 7.77. The minimum atomic E-state index is -0.722. The average molecular weight is 354 g/mol. The number of nitrogens with one attached hydrogen (secondary N) is 2. The SMILES string of the molecule is COc1cccc(NC(=S)NC(=O)c2cc3ccccc3oc2=O)c1. The fraction of sp³-hybridized carbons (Fsp3) is 0.0556. The lowest BCUT2D eigenvalue weighted by molar-refractivity contribution is 0.0974. The number of thiocarbonyl (C=S) groups is 1. The lowest BCUT2D eigenvalue weighted by Gasteiger charge is -2.10. The molecular formula is C18H14N2O4S. The zero-order chi connectivity index (χ0) is 17.8. The van der Waals surface area contributed by atoms with E-state index >= 15 is 0 Å². The summed E-state index contributed by atoms with van der Waals surface area (Å²) < 4.78 is 10.3. The third-order valence-electron chi connectivity index (χ3n) is 3.44. The molecule has 1 aromatic heterocycles. The van der Waals surface area contributed by atoms with Gasteiger partial charge < -0.3 is 14.5 Å². The van der Waals surface area contributed by atoms with E-state index in [1.165, 1.54) is 6.07 Å². The van der Waals surface area contributed by atoms with Gasteiger partial charge in [0.2, 0.25) is 0 Å². The van der Waals surface area contributed by atoms with E-state index < -0.39 is 11.5 Å². The molecule has 0 aliphatic carbocycles. The van der Waals surface area contributed by atoms with Crippen molar-refractivity contribution in [1.82, 2.24) is 5.32 Å². The molecule has 1 heterocycles. The van der Waals surface area contributed by atoms with Crippen molar-refractivity contribution in [1.29, 1.82) is 0 Å². The Kier molecular flexibility index (Phi) is 4.76. The second-order valence-electron chi connectivity index (χ2n) is 5.13. The molecule has 7 heteroatoms. The molecule has 0 aliphatic rings. The molecule has 2 aromatic carbocycles. The van der Waals surface area contributed by atoms with Crippen molar-refractivity contribution in [3.05, 3.63) is 70.6 Å². The maximum Gasteiger partial charge on any atom is 0.349 e. The highest BCUT2D eigenvalue weighted by Crippen LogP contribution is 2.16. The summed E-state index contributed by atoms with van der Waals surface area (Å²) in [5.74, 6) is 0.00852. The van der Waals surface area contributed by atoms with Gasteiger partial charge in [0.05, 0.1) is 7.11 Å². The fourth-order valence-electron chi connectivity index (χ4n) is 2.25. The molecule has 6 nitrogen and oxygen atoms in total. The zero-order valence-electron chi connectivity index (χ0n) is 13.2. The molecule has 25 heavy (non-hydrogen) atoms. The fourth-order valence-corrected chi connectivity index (χ4v) is 2.46. The van der Waals surface area contributed by atoms with Crippen molar-refractivity contribution in [2.24, 2.45) is 0 Å². The van der Waals surface area contributed by atoms with Crippen LogP contribution >= 0.6 is 12.2 Å². The van der Waals surface area contributed by atoms with Crippen LogP contribution in [0.15, 0.2) is 63.8 Å². The number of methoxy groups -OCH3 is 1. The van der Waals surface area contributed by atoms with Gasteiger partial charge in [0.25, 0.3) is 5.91 Å². The maximum atomic E-state index is 12.3. The average Bonchev–Trinajstić information content (AvgIpc) is 2.61. The summed E-state index contributed by atoms with van der Waals surface area (Å²) in [4.78, 5) is 24.3. The highest BCUT2D eigenvalue weighted by atomic mass is 32.1. The van der Waals surface area contributed by atoms with Gasteiger partial charge in [-0.25, -0.2) is 4.79 Å². The molecule has 0 saturated heterocycles. The van der Waals surface area contributed by atoms with Crippen LogP contribution in [0.4, 0.5) is 5.69 Å². The summed E-state index contributed by atoms with van der Waals surface area (Å²) in [6.07, 6.45) is 0. The Balaban J connectivity index is 1.76. The van der Waals surface area contributed by atoms with Crippen molar-refractivity contribution >= 4 is 39.9 Å². The van der Waals surface area contributed by atoms with E-state index in [-0.39, 0.29) is 10.7 Å². The summed E-state index contributed by atoms with van der Waals surface area (Å²) in [6, 6.07) is 15.5. The molecule has 0 spiro atoms. The second kappa shape index (κ2) is 7.14. The molecule has 0 unspecified atom stereocenters. The number of para-hydroxylation sites is 1. The molecule has 2 N–H and O–H groups in total. The summed E-state index contributed by atoms with van der Waals surface area (Å²) in [5, 5.41) is 6.04. The van der Waals surface area contributed by atoms with Crippen molar-refractivity contribution in [2.75, 3.05) is 12.4 Å². The van der Waals surface area contributed by atoms with Gasteiger partial charge in [-0.1, -0.05) is 24.3 Å². The monoisotopic (exact) mass is 354 g/mol. The number of rotatable bonds is 3. The molecule has 3 aromatic rings. The number of amides is 1. The number of benzene rings is 2. The second-order valence-corrected chi connectivity index (χ2v) is 5.53. The van der Waals surface area contributed by atoms with Gasteiger partial charge in [0.1, 0.15) is 16.9 Å². The number of anilines is 1. The van der Waals surface area contributed by atoms with Crippen molar-refractivity contribution in [2.45, 2.75) is 0 Å². The highest BCUT2D eigenvalue weighted by Gasteiger charge is 2.15. The molecule has 3 rings (SSSR count). The maximum absolute atomic E-state index is 12.3. The molecule has 0 atom stereocenters. The Bertz CT molecular complexity index is 1010. The number of carbonyl (C=O) groups is 1. The summed E-state index contributed by atoms with van der Waals surface area (Å²) in [7, 11) is 1.55. The van der Waals surface area contributed by atoms with E-state index in [2.05, 4.69) is 10.6 Å². The molecule has 1 amide bonds. The quantitative estimate of drug-likeness (QED) is 0.556. The Morgan fingerprint density at radius 3 is 2.72 bits per heavy atom. The van der Waals surface area contributed by atoms with Gasteiger partial charge in [0.15, 0.2) is 5.11 Å². The zero-order valence-corrected chi connectivity index (χ0v) is 14.1. The number of hydrogen-bond acceptors (Lipinski definition) is 5. The molecule has 0 bridgehead atoms. The molecule has 0 radical (unpaired) electrons. The lowest BCUT2D eigenvalue weighted by Crippen LogP contribution is -2.36. The van der Waals surface area contributed by atoms with Gasteiger partial charge in [-0.05, 0) is 36.5 Å². The number of carbonyl (C=O) groups excluding carboxylic acids is 1. The van der Waals surface area contributed by atoms with Gasteiger partial charge in [-0.15, -0.1) is 0 Å². The van der Waals surface area contributed by atoms with Crippen LogP contribution in [-0.2, 0) is 0 Å². The van der Waals surface area contributed by atoms with Crippen LogP contribution in [0.5, 0.6) is 5.75 Å². The van der Waals surface area contributed by atoms with Gasteiger partial charge >= 0.3 is 5.63 Å². The number of fused-ring (bicyclic) bond motifs is 1. The third-order valence-corrected chi connectivity index (χ3v) is 3.64. The summed E-state index contributed by atoms with van der Waals surface area (Å²) in [6.45, 7) is 0. The first-order chi connectivity index (χ1) is 12.1. The minimum Gasteiger partial charge on any atom is -0.497 e. The topological polar surface area (TPSA) is 80.6 Å². The van der Waals surface area contributed by atoms with E-state index in [1.54, 1.807) is 55.6 Å². The van der Waals surface area contributed by atoms with Crippen LogP contribution in [0, 0.1) is 0 Å². The number of ether oxygens (including phenoxy) is 1. The predicted molar refractivity (Wildman–Crippen MR) is 99.2 cm³/mol. The lowest BCUT2D eigenvalue weighted by atomic mass is 10.2. The summed E-state index contributed by atoms with van der Waals surface area (Å²) >= 11 is 5.11. The van der Waals surface area contributed by atoms with Crippen LogP contribution in [0.3, 0.4) is 0 Å². The van der Waals surface area contributed by atoms with Crippen LogP contribution in [0.1, 0.15) is 10.4 Å². The standard InChI is InChI=1S/C18H14N2O4S/c1-23-13-7-4-6-12(10-13)19-18(25)20-16(21)14-9-11-5-2-3-8-15(11)24-17(14)22/h2-10H,1H3,(H2,19,20,21,25). The first kappa shape index (κ1) is 16.7.